The number of hydrogen-bond acceptors (Lipinski definition) is 2. The van der Waals surface area contributed by atoms with Gasteiger partial charge in [0.15, 0.2) is 0 Å². The van der Waals surface area contributed by atoms with Crippen LogP contribution < -0.4 is 0 Å². The minimum atomic E-state index is -4.38. The highest BCUT2D eigenvalue weighted by atomic mass is 19.4. The van der Waals surface area contributed by atoms with Crippen LogP contribution in [-0.2, 0) is 12.7 Å². The van der Waals surface area contributed by atoms with Gasteiger partial charge in [0.05, 0.1) is 5.56 Å². The summed E-state index contributed by atoms with van der Waals surface area (Å²) in [5.41, 5.74) is 2.62. The molecule has 1 aromatic heterocycles. The Morgan fingerprint density at radius 3 is 2.37 bits per heavy atom. The number of rotatable bonds is 3. The van der Waals surface area contributed by atoms with Crippen molar-refractivity contribution >= 4 is 6.09 Å². The lowest BCUT2D eigenvalue weighted by molar-refractivity contribution is -0.137. The zero-order chi connectivity index (χ0) is 19.8. The van der Waals surface area contributed by atoms with E-state index in [0.717, 1.165) is 29.1 Å². The molecule has 0 unspecified atom stereocenters. The molecular weight excluding hydrogens is 359 g/mol. The van der Waals surface area contributed by atoms with Gasteiger partial charge in [-0.3, -0.25) is 4.90 Å². The topological polar surface area (TPSA) is 48.7 Å². The maximum Gasteiger partial charge on any atom is 0.416 e. The summed E-state index contributed by atoms with van der Waals surface area (Å²) in [7, 11) is 0. The van der Waals surface area contributed by atoms with Crippen molar-refractivity contribution in [2.75, 3.05) is 26.2 Å². The molecule has 0 atom stereocenters. The van der Waals surface area contributed by atoms with Gasteiger partial charge < -0.3 is 14.6 Å². The van der Waals surface area contributed by atoms with Crippen molar-refractivity contribution in [2.24, 2.45) is 0 Å². The molecule has 0 spiro atoms. The van der Waals surface area contributed by atoms with Crippen molar-refractivity contribution < 1.29 is 23.1 Å². The van der Waals surface area contributed by atoms with Gasteiger partial charge in [0.1, 0.15) is 0 Å². The summed E-state index contributed by atoms with van der Waals surface area (Å²) in [5.74, 6) is 0. The molecular formula is C19H22F3N3O2. The number of carbonyl (C=O) groups is 1. The van der Waals surface area contributed by atoms with Crippen LogP contribution >= 0.6 is 0 Å². The third kappa shape index (κ3) is 4.10. The number of amides is 1. The quantitative estimate of drug-likeness (QED) is 0.877. The van der Waals surface area contributed by atoms with Crippen molar-refractivity contribution in [3.05, 3.63) is 52.8 Å². The van der Waals surface area contributed by atoms with E-state index in [-0.39, 0.29) is 0 Å². The van der Waals surface area contributed by atoms with Crippen LogP contribution in [0.1, 0.15) is 22.5 Å². The van der Waals surface area contributed by atoms with E-state index in [2.05, 4.69) is 4.90 Å². The second kappa shape index (κ2) is 7.26. The highest BCUT2D eigenvalue weighted by Crippen LogP contribution is 2.31. The summed E-state index contributed by atoms with van der Waals surface area (Å²) in [6.45, 7) is 6.61. The largest absolute Gasteiger partial charge is 0.465 e. The smallest absolute Gasteiger partial charge is 0.416 e. The first-order valence-electron chi connectivity index (χ1n) is 8.72. The first kappa shape index (κ1) is 19.3. The number of piperazine rings is 1. The van der Waals surface area contributed by atoms with Crippen LogP contribution in [0.15, 0.2) is 30.3 Å². The number of hydrogen-bond donors (Lipinski definition) is 1. The molecule has 1 fully saturated rings. The number of halogens is 3. The van der Waals surface area contributed by atoms with Gasteiger partial charge in [-0.1, -0.05) is 6.07 Å². The average molecular weight is 381 g/mol. The van der Waals surface area contributed by atoms with Gasteiger partial charge in [-0.15, -0.1) is 0 Å². The van der Waals surface area contributed by atoms with E-state index in [0.29, 0.717) is 38.4 Å². The molecule has 0 aliphatic carbocycles. The fraction of sp³-hybridized carbons (Fsp3) is 0.421. The normalized spacial score (nSPS) is 16.0. The standard InChI is InChI=1S/C19H22F3N3O2/c1-13-10-15(12-23-6-8-24(9-7-23)18(26)27)14(2)25(13)17-5-3-4-16(11-17)19(20,21)22/h3-5,10-11H,6-9,12H2,1-2H3,(H,26,27). The second-order valence-electron chi connectivity index (χ2n) is 6.83. The van der Waals surface area contributed by atoms with Crippen LogP contribution in [0.5, 0.6) is 0 Å². The van der Waals surface area contributed by atoms with Gasteiger partial charge in [0.25, 0.3) is 0 Å². The molecule has 1 aromatic carbocycles. The van der Waals surface area contributed by atoms with Crippen LogP contribution in [0.2, 0.25) is 0 Å². The summed E-state index contributed by atoms with van der Waals surface area (Å²) in [6.07, 6.45) is -5.28. The molecule has 146 valence electrons. The third-order valence-electron chi connectivity index (χ3n) is 5.00. The number of carboxylic acid groups (broad SMARTS) is 1. The van der Waals surface area contributed by atoms with Crippen LogP contribution in [0, 0.1) is 13.8 Å². The summed E-state index contributed by atoms with van der Waals surface area (Å²) >= 11 is 0. The van der Waals surface area contributed by atoms with Gasteiger partial charge in [-0.2, -0.15) is 13.2 Å². The molecule has 1 N–H and O–H groups in total. The number of aryl methyl sites for hydroxylation is 1. The van der Waals surface area contributed by atoms with Crippen LogP contribution in [0.4, 0.5) is 18.0 Å². The zero-order valence-corrected chi connectivity index (χ0v) is 15.3. The predicted octanol–water partition coefficient (Wildman–Crippen LogP) is 3.91. The molecule has 0 bridgehead atoms. The molecule has 1 aliphatic heterocycles. The van der Waals surface area contributed by atoms with Crippen LogP contribution in [0.3, 0.4) is 0 Å². The lowest BCUT2D eigenvalue weighted by Gasteiger charge is -2.33. The third-order valence-corrected chi connectivity index (χ3v) is 5.00. The first-order valence-corrected chi connectivity index (χ1v) is 8.72. The number of benzene rings is 1. The first-order chi connectivity index (χ1) is 12.7. The summed E-state index contributed by atoms with van der Waals surface area (Å²) < 4.78 is 40.9. The Morgan fingerprint density at radius 1 is 1.11 bits per heavy atom. The van der Waals surface area contributed by atoms with Crippen molar-refractivity contribution in [1.82, 2.24) is 14.4 Å². The van der Waals surface area contributed by atoms with E-state index in [1.54, 1.807) is 6.07 Å². The molecule has 0 radical (unpaired) electrons. The van der Waals surface area contributed by atoms with E-state index in [4.69, 9.17) is 5.11 Å². The minimum absolute atomic E-state index is 0.460. The Bertz CT molecular complexity index is 837. The predicted molar refractivity (Wildman–Crippen MR) is 95.1 cm³/mol. The van der Waals surface area contributed by atoms with Crippen LogP contribution in [-0.4, -0.2) is 51.7 Å². The number of alkyl halides is 3. The van der Waals surface area contributed by atoms with Crippen molar-refractivity contribution in [3.63, 3.8) is 0 Å². The SMILES string of the molecule is Cc1cc(CN2CCN(C(=O)O)CC2)c(C)n1-c1cccc(C(F)(F)F)c1. The molecule has 2 aromatic rings. The molecule has 2 heterocycles. The highest BCUT2D eigenvalue weighted by molar-refractivity contribution is 5.65. The van der Waals surface area contributed by atoms with Crippen molar-refractivity contribution in [2.45, 2.75) is 26.6 Å². The highest BCUT2D eigenvalue weighted by Gasteiger charge is 2.30. The van der Waals surface area contributed by atoms with Gasteiger partial charge in [-0.25, -0.2) is 4.79 Å². The maximum absolute atomic E-state index is 13.0. The average Bonchev–Trinajstić information content (AvgIpc) is 2.88. The molecule has 1 aliphatic rings. The van der Waals surface area contributed by atoms with Gasteiger partial charge in [0.2, 0.25) is 0 Å². The number of aromatic nitrogens is 1. The van der Waals surface area contributed by atoms with E-state index in [1.165, 1.54) is 11.0 Å². The van der Waals surface area contributed by atoms with E-state index in [9.17, 15) is 18.0 Å². The fourth-order valence-corrected chi connectivity index (χ4v) is 3.55. The Balaban J connectivity index is 1.81. The molecule has 27 heavy (non-hydrogen) atoms. The molecule has 5 nitrogen and oxygen atoms in total. The van der Waals surface area contributed by atoms with E-state index >= 15 is 0 Å². The zero-order valence-electron chi connectivity index (χ0n) is 15.3. The Kier molecular flexibility index (Phi) is 5.19. The second-order valence-corrected chi connectivity index (χ2v) is 6.83. The van der Waals surface area contributed by atoms with Crippen molar-refractivity contribution in [3.8, 4) is 5.69 Å². The van der Waals surface area contributed by atoms with Gasteiger partial charge >= 0.3 is 12.3 Å². The Hall–Kier alpha value is -2.48. The van der Waals surface area contributed by atoms with E-state index in [1.807, 2.05) is 24.5 Å². The van der Waals surface area contributed by atoms with Gasteiger partial charge in [-0.05, 0) is 43.7 Å². The lowest BCUT2D eigenvalue weighted by Crippen LogP contribution is -2.47. The summed E-state index contributed by atoms with van der Waals surface area (Å²) in [4.78, 5) is 14.6. The summed E-state index contributed by atoms with van der Waals surface area (Å²) in [6, 6.07) is 7.31. The Morgan fingerprint density at radius 2 is 1.78 bits per heavy atom. The fourth-order valence-electron chi connectivity index (χ4n) is 3.55. The monoisotopic (exact) mass is 381 g/mol. The molecule has 1 saturated heterocycles. The van der Waals surface area contributed by atoms with Gasteiger partial charge in [0, 0.05) is 49.8 Å². The number of nitrogens with zero attached hydrogens (tertiary/aromatic N) is 3. The maximum atomic E-state index is 13.0. The molecule has 3 rings (SSSR count). The molecule has 8 heteroatoms. The van der Waals surface area contributed by atoms with Crippen molar-refractivity contribution in [1.29, 1.82) is 0 Å². The molecule has 0 saturated carbocycles. The Labute approximate surface area is 155 Å². The van der Waals surface area contributed by atoms with Crippen LogP contribution in [0.25, 0.3) is 5.69 Å². The molecule has 1 amide bonds. The van der Waals surface area contributed by atoms with E-state index < -0.39 is 17.8 Å². The summed E-state index contributed by atoms with van der Waals surface area (Å²) in [5, 5.41) is 9.03. The lowest BCUT2D eigenvalue weighted by atomic mass is 10.2. The minimum Gasteiger partial charge on any atom is -0.465 e.